The van der Waals surface area contributed by atoms with E-state index >= 15 is 0 Å². The van der Waals surface area contributed by atoms with Crippen LogP contribution in [-0.2, 0) is 9.59 Å². The Morgan fingerprint density at radius 2 is 1.90 bits per heavy atom. The number of nitrogens with zero attached hydrogens (tertiary/aromatic N) is 4. The zero-order valence-corrected chi connectivity index (χ0v) is 18.2. The van der Waals surface area contributed by atoms with Crippen LogP contribution in [0, 0.1) is 0 Å². The van der Waals surface area contributed by atoms with Gasteiger partial charge in [-0.3, -0.25) is 9.59 Å². The first-order chi connectivity index (χ1) is 14.5. The minimum Gasteiger partial charge on any atom is -0.361 e. The van der Waals surface area contributed by atoms with Gasteiger partial charge >= 0.3 is 0 Å². The second kappa shape index (κ2) is 8.70. The average molecular weight is 448 g/mol. The summed E-state index contributed by atoms with van der Waals surface area (Å²) in [5, 5.41) is 3.69. The lowest BCUT2D eigenvalue weighted by Crippen LogP contribution is -2.50. The molecule has 3 heterocycles. The number of amides is 2. The summed E-state index contributed by atoms with van der Waals surface area (Å²) in [6.45, 7) is 3.28. The number of pyridine rings is 1. The van der Waals surface area contributed by atoms with Crippen LogP contribution in [0.2, 0.25) is 10.2 Å². The van der Waals surface area contributed by atoms with Gasteiger partial charge in [0.05, 0.1) is 12.5 Å². The summed E-state index contributed by atoms with van der Waals surface area (Å²) in [4.78, 5) is 35.6. The Bertz CT molecular complexity index is 962. The molecular formula is C21H23Cl2N5O2. The molecule has 0 bridgehead atoms. The maximum Gasteiger partial charge on any atom is 0.239 e. The van der Waals surface area contributed by atoms with Crippen LogP contribution in [0.25, 0.3) is 0 Å². The smallest absolute Gasteiger partial charge is 0.239 e. The molecule has 1 N–H and O–H groups in total. The van der Waals surface area contributed by atoms with Crippen LogP contribution in [-0.4, -0.2) is 68.0 Å². The van der Waals surface area contributed by atoms with E-state index in [4.69, 9.17) is 23.2 Å². The number of nitrogens with one attached hydrogen (secondary N) is 1. The van der Waals surface area contributed by atoms with Crippen LogP contribution in [0.5, 0.6) is 0 Å². The van der Waals surface area contributed by atoms with Crippen molar-refractivity contribution in [3.8, 4) is 0 Å². The molecule has 1 saturated heterocycles. The summed E-state index contributed by atoms with van der Waals surface area (Å²) in [5.74, 6) is 0.498. The van der Waals surface area contributed by atoms with Crippen LogP contribution in [0.3, 0.4) is 0 Å². The van der Waals surface area contributed by atoms with Gasteiger partial charge in [-0.15, -0.1) is 0 Å². The molecule has 1 aromatic heterocycles. The molecule has 2 aromatic rings. The summed E-state index contributed by atoms with van der Waals surface area (Å²) in [6.07, 6.45) is 0. The molecular weight excluding hydrogens is 425 g/mol. The molecule has 1 fully saturated rings. The molecule has 9 heteroatoms. The van der Waals surface area contributed by atoms with Gasteiger partial charge in [-0.1, -0.05) is 35.3 Å². The molecule has 2 aliphatic rings. The van der Waals surface area contributed by atoms with E-state index in [9.17, 15) is 9.59 Å². The third-order valence-electron chi connectivity index (χ3n) is 5.64. The van der Waals surface area contributed by atoms with E-state index in [0.29, 0.717) is 42.9 Å². The SMILES string of the molecule is CNC(=O)CN1CC(C(=O)N2CCN(c3cccc(Cl)n3)CC2)c2ccc(Cl)cc21. The van der Waals surface area contributed by atoms with Gasteiger partial charge in [0.25, 0.3) is 0 Å². The Morgan fingerprint density at radius 3 is 2.60 bits per heavy atom. The second-order valence-electron chi connectivity index (χ2n) is 7.44. The molecule has 1 aromatic carbocycles. The molecule has 30 heavy (non-hydrogen) atoms. The normalized spacial score (nSPS) is 18.4. The van der Waals surface area contributed by atoms with Gasteiger partial charge in [0, 0.05) is 50.5 Å². The number of aromatic nitrogens is 1. The van der Waals surface area contributed by atoms with Crippen molar-refractivity contribution in [3.63, 3.8) is 0 Å². The molecule has 0 spiro atoms. The van der Waals surface area contributed by atoms with Gasteiger partial charge in [0.2, 0.25) is 11.8 Å². The summed E-state index contributed by atoms with van der Waals surface area (Å²) in [6, 6.07) is 11.1. The fourth-order valence-electron chi connectivity index (χ4n) is 4.07. The number of hydrogen-bond acceptors (Lipinski definition) is 5. The monoisotopic (exact) mass is 447 g/mol. The number of halogens is 2. The fraction of sp³-hybridized carbons (Fsp3) is 0.381. The van der Waals surface area contributed by atoms with Gasteiger partial charge in [-0.05, 0) is 29.8 Å². The third-order valence-corrected chi connectivity index (χ3v) is 6.08. The molecule has 0 saturated carbocycles. The Morgan fingerprint density at radius 1 is 1.13 bits per heavy atom. The van der Waals surface area contributed by atoms with E-state index in [1.807, 2.05) is 34.1 Å². The van der Waals surface area contributed by atoms with Crippen molar-refractivity contribution in [1.29, 1.82) is 0 Å². The van der Waals surface area contributed by atoms with Gasteiger partial charge in [0.1, 0.15) is 11.0 Å². The predicted molar refractivity (Wildman–Crippen MR) is 119 cm³/mol. The van der Waals surface area contributed by atoms with E-state index in [2.05, 4.69) is 15.2 Å². The first-order valence-corrected chi connectivity index (χ1v) is 10.6. The van der Waals surface area contributed by atoms with Crippen LogP contribution >= 0.6 is 23.2 Å². The Hall–Kier alpha value is -2.51. The standard InChI is InChI=1S/C21H23Cl2N5O2/c1-24-20(29)13-28-12-16(15-6-5-14(22)11-17(15)28)21(30)27-9-7-26(8-10-27)19-4-2-3-18(23)25-19/h2-6,11,16H,7-10,12-13H2,1H3,(H,24,29). The predicted octanol–water partition coefficient (Wildman–Crippen LogP) is 2.39. The number of piperazine rings is 1. The van der Waals surface area contributed by atoms with Crippen LogP contribution in [0.15, 0.2) is 36.4 Å². The number of fused-ring (bicyclic) bond motifs is 1. The number of hydrogen-bond donors (Lipinski definition) is 1. The molecule has 2 amide bonds. The number of carbonyl (C=O) groups excluding carboxylic acids is 2. The van der Waals surface area contributed by atoms with E-state index < -0.39 is 0 Å². The molecule has 0 aliphatic carbocycles. The maximum absolute atomic E-state index is 13.4. The number of benzene rings is 1. The first kappa shape index (κ1) is 20.8. The zero-order chi connectivity index (χ0) is 21.3. The van der Waals surface area contributed by atoms with Gasteiger partial charge in [-0.25, -0.2) is 4.98 Å². The van der Waals surface area contributed by atoms with Gasteiger partial charge < -0.3 is 20.0 Å². The Labute approximate surface area is 185 Å². The highest BCUT2D eigenvalue weighted by Crippen LogP contribution is 2.39. The zero-order valence-electron chi connectivity index (χ0n) is 16.6. The van der Waals surface area contributed by atoms with Crippen molar-refractivity contribution in [2.45, 2.75) is 5.92 Å². The van der Waals surface area contributed by atoms with Crippen molar-refractivity contribution in [2.75, 3.05) is 56.1 Å². The Kier molecular flexibility index (Phi) is 6.01. The quantitative estimate of drug-likeness (QED) is 0.728. The topological polar surface area (TPSA) is 68.8 Å². The lowest BCUT2D eigenvalue weighted by atomic mass is 9.99. The highest BCUT2D eigenvalue weighted by Gasteiger charge is 2.37. The second-order valence-corrected chi connectivity index (χ2v) is 8.26. The Balaban J connectivity index is 1.47. The van der Waals surface area contributed by atoms with E-state index in [1.165, 1.54) is 0 Å². The minimum atomic E-state index is -0.308. The number of carbonyl (C=O) groups is 2. The van der Waals surface area contributed by atoms with E-state index in [1.54, 1.807) is 19.2 Å². The highest BCUT2D eigenvalue weighted by atomic mass is 35.5. The van der Waals surface area contributed by atoms with Crippen LogP contribution in [0.1, 0.15) is 11.5 Å². The van der Waals surface area contributed by atoms with Crippen molar-refractivity contribution in [2.24, 2.45) is 0 Å². The van der Waals surface area contributed by atoms with Crippen LogP contribution in [0.4, 0.5) is 11.5 Å². The van der Waals surface area contributed by atoms with Gasteiger partial charge in [-0.2, -0.15) is 0 Å². The van der Waals surface area contributed by atoms with Gasteiger partial charge in [0.15, 0.2) is 0 Å². The lowest BCUT2D eigenvalue weighted by Gasteiger charge is -2.36. The largest absolute Gasteiger partial charge is 0.361 e. The average Bonchev–Trinajstić information content (AvgIpc) is 3.10. The maximum atomic E-state index is 13.4. The van der Waals surface area contributed by atoms with Crippen molar-refractivity contribution in [1.82, 2.24) is 15.2 Å². The molecule has 7 nitrogen and oxygen atoms in total. The van der Waals surface area contributed by atoms with E-state index in [-0.39, 0.29) is 24.3 Å². The number of rotatable bonds is 4. The molecule has 1 unspecified atom stereocenters. The molecule has 4 rings (SSSR count). The molecule has 158 valence electrons. The lowest BCUT2D eigenvalue weighted by molar-refractivity contribution is -0.132. The summed E-state index contributed by atoms with van der Waals surface area (Å²) >= 11 is 12.2. The fourth-order valence-corrected chi connectivity index (χ4v) is 4.39. The van der Waals surface area contributed by atoms with E-state index in [0.717, 1.165) is 17.1 Å². The van der Waals surface area contributed by atoms with Crippen molar-refractivity contribution >= 4 is 46.5 Å². The van der Waals surface area contributed by atoms with Crippen LogP contribution < -0.4 is 15.1 Å². The molecule has 1 atom stereocenters. The summed E-state index contributed by atoms with van der Waals surface area (Å²) < 4.78 is 0. The first-order valence-electron chi connectivity index (χ1n) is 9.87. The number of anilines is 2. The summed E-state index contributed by atoms with van der Waals surface area (Å²) in [5.41, 5.74) is 1.78. The number of likely N-dealkylation sites (N-methyl/N-ethyl adjacent to an activating group) is 1. The third kappa shape index (κ3) is 4.18. The van der Waals surface area contributed by atoms with Crippen molar-refractivity contribution in [3.05, 3.63) is 52.1 Å². The summed E-state index contributed by atoms with van der Waals surface area (Å²) in [7, 11) is 1.61. The van der Waals surface area contributed by atoms with Crippen molar-refractivity contribution < 1.29 is 9.59 Å². The highest BCUT2D eigenvalue weighted by molar-refractivity contribution is 6.31. The molecule has 0 radical (unpaired) electrons. The molecule has 2 aliphatic heterocycles. The minimum absolute atomic E-state index is 0.0803.